The number of carbonyl (C=O) groups is 1. The van der Waals surface area contributed by atoms with Crippen LogP contribution in [0.25, 0.3) is 0 Å². The number of aromatic nitrogens is 2. The molecule has 0 spiro atoms. The van der Waals surface area contributed by atoms with Gasteiger partial charge < -0.3 is 0 Å². The van der Waals surface area contributed by atoms with Crippen molar-refractivity contribution in [1.82, 2.24) is 14.5 Å². The van der Waals surface area contributed by atoms with Crippen LogP contribution < -0.4 is 5.73 Å². The Morgan fingerprint density at radius 3 is 2.65 bits per heavy atom. The van der Waals surface area contributed by atoms with Crippen LogP contribution in [-0.2, 0) is 9.16 Å². The first-order chi connectivity index (χ1) is 16.0. The summed E-state index contributed by atoms with van der Waals surface area (Å²) in [5, 5.41) is 1.12. The first kappa shape index (κ1) is 25.3. The molecule has 184 valence electrons. The first-order valence-corrected chi connectivity index (χ1v) is 17.4. The molecule has 2 aromatic rings. The van der Waals surface area contributed by atoms with Crippen molar-refractivity contribution < 1.29 is 14.0 Å². The van der Waals surface area contributed by atoms with Gasteiger partial charge in [-0.25, -0.2) is 0 Å². The zero-order chi connectivity index (χ0) is 24.7. The minimum absolute atomic E-state index is 0.0342. The maximum atomic E-state index is 13.0. The first-order valence-electron chi connectivity index (χ1n) is 11.6. The number of aliphatic imine (C=N–C) groups is 1. The summed E-state index contributed by atoms with van der Waals surface area (Å²) in [4.78, 5) is 23.9. The molecule has 0 saturated carbocycles. The topological polar surface area (TPSA) is 95.0 Å². The number of carbonyl (C=O) groups excluding carboxylic acids is 1. The quantitative estimate of drug-likeness (QED) is 0.545. The van der Waals surface area contributed by atoms with Gasteiger partial charge in [0.1, 0.15) is 0 Å². The van der Waals surface area contributed by atoms with Gasteiger partial charge in [0.15, 0.2) is 0 Å². The average molecular weight is 549 g/mol. The number of nitrogens with zero attached hydrogens (tertiary/aromatic N) is 4. The van der Waals surface area contributed by atoms with E-state index in [2.05, 4.69) is 49.7 Å². The van der Waals surface area contributed by atoms with Crippen molar-refractivity contribution in [1.29, 1.82) is 0 Å². The average Bonchev–Trinajstić information content (AvgIpc) is 3.38. The van der Waals surface area contributed by atoms with E-state index in [9.17, 15) is 4.79 Å². The Morgan fingerprint density at radius 1 is 1.29 bits per heavy atom. The molecule has 2 N–H and O–H groups in total. The van der Waals surface area contributed by atoms with Crippen LogP contribution in [0.15, 0.2) is 41.7 Å². The van der Waals surface area contributed by atoms with E-state index in [1.54, 1.807) is 18.5 Å². The second-order valence-electron chi connectivity index (χ2n) is 10.4. The van der Waals surface area contributed by atoms with Crippen molar-refractivity contribution in [3.05, 3.63) is 47.9 Å². The van der Waals surface area contributed by atoms with Crippen LogP contribution >= 0.6 is 0 Å². The second kappa shape index (κ2) is 9.68. The van der Waals surface area contributed by atoms with Gasteiger partial charge >= 0.3 is 191 Å². The predicted molar refractivity (Wildman–Crippen MR) is 137 cm³/mol. The summed E-state index contributed by atoms with van der Waals surface area (Å²) in [5.41, 5.74) is 7.77. The number of nitrogens with two attached hydrogens (primary N) is 1. The molecule has 0 bridgehead atoms. The number of imidazole rings is 1. The van der Waals surface area contributed by atoms with Gasteiger partial charge in [-0.05, 0) is 0 Å². The van der Waals surface area contributed by atoms with Gasteiger partial charge in [0, 0.05) is 0 Å². The van der Waals surface area contributed by atoms with Crippen LogP contribution in [0.4, 0.5) is 5.82 Å². The summed E-state index contributed by atoms with van der Waals surface area (Å²) in [7, 11) is -1.95. The third-order valence-corrected chi connectivity index (χ3v) is 12.9. The third-order valence-electron chi connectivity index (χ3n) is 7.02. The van der Waals surface area contributed by atoms with Crippen LogP contribution in [-0.4, -0.2) is 68.4 Å². The molecule has 1 aromatic carbocycles. The fourth-order valence-electron chi connectivity index (χ4n) is 4.03. The van der Waals surface area contributed by atoms with Crippen LogP contribution in [0.5, 0.6) is 0 Å². The van der Waals surface area contributed by atoms with Gasteiger partial charge in [-0.15, -0.1) is 0 Å². The summed E-state index contributed by atoms with van der Waals surface area (Å²) in [6.07, 6.45) is 3.20. The van der Waals surface area contributed by atoms with Crippen molar-refractivity contribution in [3.63, 3.8) is 0 Å². The van der Waals surface area contributed by atoms with Crippen LogP contribution in [0.3, 0.4) is 0 Å². The molecule has 2 aliphatic heterocycles. The predicted octanol–water partition coefficient (Wildman–Crippen LogP) is 4.18. The molecule has 0 radical (unpaired) electrons. The van der Waals surface area contributed by atoms with Crippen LogP contribution in [0, 0.1) is 0 Å². The van der Waals surface area contributed by atoms with E-state index in [1.165, 1.54) is 10.9 Å². The van der Waals surface area contributed by atoms with E-state index in [-0.39, 0.29) is 29.4 Å². The van der Waals surface area contributed by atoms with E-state index >= 15 is 0 Å². The number of hydrogen-bond acceptors (Lipinski definition) is 7. The molecular weight excluding hydrogens is 513 g/mol. The summed E-state index contributed by atoms with van der Waals surface area (Å²) in [6, 6.07) is 9.10. The summed E-state index contributed by atoms with van der Waals surface area (Å²) >= 11 is 0.469. The SMILES string of the molecule is C[Se]C[C@@H]1O[C@@H](N2C=Nc3c(ncn3C(=O)c3ccccc3)C2N)C[C@@H]1O[Si](C)(C)C(C)(C)C. The molecule has 3 heterocycles. The van der Waals surface area contributed by atoms with Gasteiger partial charge in [-0.1, -0.05) is 18.2 Å². The molecule has 1 saturated heterocycles. The Morgan fingerprint density at radius 2 is 2.00 bits per heavy atom. The fourth-order valence-corrected chi connectivity index (χ4v) is 6.69. The van der Waals surface area contributed by atoms with Gasteiger partial charge in [0.25, 0.3) is 0 Å². The molecule has 1 aromatic heterocycles. The standard InChI is InChI=1S/C24H35N5O3SeSi/c1-24(2,3)34(5,6)32-17-12-19(31-18(17)13-33-4)28-15-27-22-20(21(28)25)26-14-29(22)23(30)16-10-8-7-9-11-16/h7-11,14-15,17-19,21H,12-13,25H2,1-6H3/t17-,18-,19+,21?/m0/s1. The van der Waals surface area contributed by atoms with Crippen molar-refractivity contribution in [2.24, 2.45) is 10.7 Å². The monoisotopic (exact) mass is 549 g/mol. The van der Waals surface area contributed by atoms with Gasteiger partial charge in [0.05, 0.1) is 0 Å². The Balaban J connectivity index is 1.53. The summed E-state index contributed by atoms with van der Waals surface area (Å²) in [6.45, 7) is 11.3. The fraction of sp³-hybridized carbons (Fsp3) is 0.542. The third kappa shape index (κ3) is 4.80. The summed E-state index contributed by atoms with van der Waals surface area (Å²) < 4.78 is 14.7. The number of rotatable bonds is 6. The zero-order valence-electron chi connectivity index (χ0n) is 20.8. The molecule has 0 aliphatic carbocycles. The van der Waals surface area contributed by atoms with Gasteiger partial charge in [-0.3, -0.25) is 0 Å². The molecule has 34 heavy (non-hydrogen) atoms. The molecule has 1 unspecified atom stereocenters. The molecule has 4 rings (SSSR count). The second-order valence-corrected chi connectivity index (χ2v) is 17.0. The minimum atomic E-state index is -1.95. The molecule has 8 nitrogen and oxygen atoms in total. The number of hydrogen-bond donors (Lipinski definition) is 1. The van der Waals surface area contributed by atoms with E-state index in [0.29, 0.717) is 32.0 Å². The molecule has 10 heteroatoms. The molecular formula is C24H35N5O3SeSi. The molecule has 0 amide bonds. The van der Waals surface area contributed by atoms with E-state index < -0.39 is 14.5 Å². The Hall–Kier alpha value is -1.81. The van der Waals surface area contributed by atoms with Gasteiger partial charge in [-0.2, -0.15) is 0 Å². The number of fused-ring (bicyclic) bond motifs is 1. The molecule has 1 fully saturated rings. The van der Waals surface area contributed by atoms with Crippen molar-refractivity contribution in [3.8, 4) is 0 Å². The van der Waals surface area contributed by atoms with E-state index in [0.717, 1.165) is 11.7 Å². The normalized spacial score (nSPS) is 25.0. The van der Waals surface area contributed by atoms with E-state index in [4.69, 9.17) is 14.9 Å². The molecule has 2 aliphatic rings. The van der Waals surface area contributed by atoms with Gasteiger partial charge in [0.2, 0.25) is 0 Å². The Labute approximate surface area is 209 Å². The van der Waals surface area contributed by atoms with Crippen molar-refractivity contribution in [2.45, 2.75) is 81.1 Å². The Bertz CT molecular complexity index is 1050. The number of ether oxygens (including phenoxy) is 1. The van der Waals surface area contributed by atoms with E-state index in [1.807, 2.05) is 23.1 Å². The van der Waals surface area contributed by atoms with Crippen molar-refractivity contribution >= 4 is 41.3 Å². The van der Waals surface area contributed by atoms with Crippen molar-refractivity contribution in [2.75, 3.05) is 0 Å². The molecule has 4 atom stereocenters. The Kier molecular flexibility index (Phi) is 7.20. The van der Waals surface area contributed by atoms with Crippen LogP contribution in [0.2, 0.25) is 29.3 Å². The summed E-state index contributed by atoms with van der Waals surface area (Å²) in [5.74, 6) is 2.51. The zero-order valence-corrected chi connectivity index (χ0v) is 23.5. The van der Waals surface area contributed by atoms with Crippen LogP contribution in [0.1, 0.15) is 49.4 Å². The maximum absolute atomic E-state index is 13.0. The number of benzene rings is 1.